The lowest BCUT2D eigenvalue weighted by atomic mass is 9.92. The van der Waals surface area contributed by atoms with Crippen LogP contribution < -0.4 is 14.8 Å². The van der Waals surface area contributed by atoms with Gasteiger partial charge in [0.1, 0.15) is 0 Å². The molecule has 0 radical (unpaired) electrons. The minimum Gasteiger partial charge on any atom is -0.481 e. The van der Waals surface area contributed by atoms with Gasteiger partial charge in [-0.15, -0.1) is 0 Å². The van der Waals surface area contributed by atoms with E-state index in [2.05, 4.69) is 11.4 Å². The highest BCUT2D eigenvalue weighted by molar-refractivity contribution is 5.83. The lowest BCUT2D eigenvalue weighted by molar-refractivity contribution is -0.137. The average molecular weight is 430 g/mol. The summed E-state index contributed by atoms with van der Waals surface area (Å²) in [6, 6.07) is 20.8. The van der Waals surface area contributed by atoms with E-state index in [1.165, 1.54) is 0 Å². The van der Waals surface area contributed by atoms with Crippen LogP contribution in [0.4, 0.5) is 11.4 Å². The van der Waals surface area contributed by atoms with Gasteiger partial charge in [0.05, 0.1) is 24.7 Å². The minimum absolute atomic E-state index is 0.0342. The van der Waals surface area contributed by atoms with Crippen molar-refractivity contribution in [2.24, 2.45) is 0 Å². The maximum Gasteiger partial charge on any atom is 0.304 e. The van der Waals surface area contributed by atoms with Crippen molar-refractivity contribution >= 4 is 17.3 Å². The smallest absolute Gasteiger partial charge is 0.304 e. The minimum atomic E-state index is -0.881. The number of carbonyl (C=O) groups is 1. The van der Waals surface area contributed by atoms with Crippen LogP contribution in [0.25, 0.3) is 11.1 Å². The number of benzene rings is 3. The molecule has 1 aliphatic rings. The van der Waals surface area contributed by atoms with Gasteiger partial charge in [0.25, 0.3) is 0 Å². The van der Waals surface area contributed by atoms with Crippen molar-refractivity contribution in [2.45, 2.75) is 12.3 Å². The van der Waals surface area contributed by atoms with Crippen LogP contribution in [0.15, 0.2) is 60.7 Å². The summed E-state index contributed by atoms with van der Waals surface area (Å²) in [6.45, 7) is 0.494. The van der Waals surface area contributed by atoms with Crippen molar-refractivity contribution in [3.8, 4) is 28.7 Å². The van der Waals surface area contributed by atoms with Gasteiger partial charge in [0.2, 0.25) is 6.79 Å². The zero-order valence-corrected chi connectivity index (χ0v) is 17.5. The number of hydrogen-bond donors (Lipinski definition) is 2. The number of aliphatic carboxylic acids is 1. The molecule has 1 atom stereocenters. The number of carboxylic acids is 1. The molecular weight excluding hydrogens is 408 g/mol. The van der Waals surface area contributed by atoms with Gasteiger partial charge in [0.15, 0.2) is 11.5 Å². The number of nitrogens with one attached hydrogen (secondary N) is 1. The Morgan fingerprint density at radius 2 is 1.91 bits per heavy atom. The lowest BCUT2D eigenvalue weighted by Gasteiger charge is -2.19. The van der Waals surface area contributed by atoms with E-state index < -0.39 is 5.97 Å². The number of anilines is 2. The Kier molecular flexibility index (Phi) is 6.24. The van der Waals surface area contributed by atoms with E-state index in [0.717, 1.165) is 28.1 Å². The van der Waals surface area contributed by atoms with Crippen LogP contribution in [0, 0.1) is 11.3 Å². The predicted molar refractivity (Wildman–Crippen MR) is 119 cm³/mol. The van der Waals surface area contributed by atoms with Crippen molar-refractivity contribution in [1.82, 2.24) is 0 Å². The van der Waals surface area contributed by atoms with Crippen molar-refractivity contribution in [2.75, 3.05) is 25.8 Å². The second-order valence-corrected chi connectivity index (χ2v) is 7.44. The highest BCUT2D eigenvalue weighted by Gasteiger charge is 2.19. The quantitative estimate of drug-likeness (QED) is 0.524. The second kappa shape index (κ2) is 9.41. The van der Waals surface area contributed by atoms with E-state index in [1.807, 2.05) is 48.5 Å². The van der Waals surface area contributed by atoms with Gasteiger partial charge in [-0.05, 0) is 53.6 Å². The third-order valence-electron chi connectivity index (χ3n) is 5.28. The molecule has 1 aliphatic heterocycles. The lowest BCUT2D eigenvalue weighted by Crippen LogP contribution is -2.12. The molecule has 2 N–H and O–H groups in total. The first-order valence-electron chi connectivity index (χ1n) is 10.1. The average Bonchev–Trinajstić information content (AvgIpc) is 3.27. The molecule has 3 aromatic rings. The molecule has 0 spiro atoms. The van der Waals surface area contributed by atoms with E-state index in [1.54, 1.807) is 19.2 Å². The number of hydrogen-bond acceptors (Lipinski definition) is 6. The SMILES string of the molecule is COC[C@@H](CC(=O)O)c1ccc(-c2ccc3c(c2)OCO3)c(Nc2ccc(C#N)cc2)c1. The Bertz CT molecular complexity index is 1170. The van der Waals surface area contributed by atoms with Crippen LogP contribution in [0.2, 0.25) is 0 Å². The second-order valence-electron chi connectivity index (χ2n) is 7.44. The number of nitriles is 1. The number of fused-ring (bicyclic) bond motifs is 1. The van der Waals surface area contributed by atoms with Crippen LogP contribution in [0.5, 0.6) is 11.5 Å². The standard InChI is InChI=1S/C25H22N2O5/c1-30-14-19(12-25(28)29)17-4-8-21(18-5-9-23-24(11-18)32-15-31-23)22(10-17)27-20-6-2-16(13-26)3-7-20/h2-11,19,27H,12,14-15H2,1H3,(H,28,29)/t19-/m1/s1. The number of rotatable bonds is 8. The van der Waals surface area contributed by atoms with Crippen molar-refractivity contribution in [1.29, 1.82) is 5.26 Å². The molecule has 0 amide bonds. The fraction of sp³-hybridized carbons (Fsp3) is 0.200. The van der Waals surface area contributed by atoms with Crippen molar-refractivity contribution in [3.63, 3.8) is 0 Å². The summed E-state index contributed by atoms with van der Waals surface area (Å²) < 4.78 is 16.2. The van der Waals surface area contributed by atoms with Gasteiger partial charge in [-0.1, -0.05) is 18.2 Å². The van der Waals surface area contributed by atoms with Gasteiger partial charge in [0, 0.05) is 30.0 Å². The van der Waals surface area contributed by atoms with Crippen LogP contribution in [-0.2, 0) is 9.53 Å². The van der Waals surface area contributed by atoms with Gasteiger partial charge >= 0.3 is 5.97 Å². The summed E-state index contributed by atoms with van der Waals surface area (Å²) in [5, 5.41) is 21.8. The molecule has 0 aliphatic carbocycles. The normalized spacial score (nSPS) is 12.8. The number of methoxy groups -OCH3 is 1. The maximum atomic E-state index is 11.4. The summed E-state index contributed by atoms with van der Waals surface area (Å²) in [5.74, 6) is 0.214. The largest absolute Gasteiger partial charge is 0.481 e. The molecule has 3 aromatic carbocycles. The van der Waals surface area contributed by atoms with E-state index in [0.29, 0.717) is 23.7 Å². The molecule has 162 valence electrons. The molecule has 0 saturated carbocycles. The summed E-state index contributed by atoms with van der Waals surface area (Å²) in [6.07, 6.45) is -0.0342. The number of nitrogens with zero attached hydrogens (tertiary/aromatic N) is 1. The van der Waals surface area contributed by atoms with Gasteiger partial charge in [-0.3, -0.25) is 4.79 Å². The fourth-order valence-corrected chi connectivity index (χ4v) is 3.70. The van der Waals surface area contributed by atoms with Crippen LogP contribution in [-0.4, -0.2) is 31.6 Å². The summed E-state index contributed by atoms with van der Waals surface area (Å²) in [5.41, 5.74) is 4.89. The Balaban J connectivity index is 1.75. The molecule has 0 unspecified atom stereocenters. The van der Waals surface area contributed by atoms with E-state index in [9.17, 15) is 9.90 Å². The molecular formula is C25H22N2O5. The van der Waals surface area contributed by atoms with E-state index >= 15 is 0 Å². The van der Waals surface area contributed by atoms with E-state index in [4.69, 9.17) is 19.5 Å². The Morgan fingerprint density at radius 3 is 2.62 bits per heavy atom. The molecule has 7 nitrogen and oxygen atoms in total. The van der Waals surface area contributed by atoms with E-state index in [-0.39, 0.29) is 19.1 Å². The van der Waals surface area contributed by atoms with Crippen molar-refractivity contribution < 1.29 is 24.1 Å². The molecule has 4 rings (SSSR count). The fourth-order valence-electron chi connectivity index (χ4n) is 3.70. The van der Waals surface area contributed by atoms with Crippen LogP contribution in [0.1, 0.15) is 23.5 Å². The van der Waals surface area contributed by atoms with Gasteiger partial charge < -0.3 is 24.6 Å². The number of carboxylic acid groups (broad SMARTS) is 1. The Morgan fingerprint density at radius 1 is 1.12 bits per heavy atom. The van der Waals surface area contributed by atoms with Crippen LogP contribution >= 0.6 is 0 Å². The zero-order chi connectivity index (χ0) is 22.5. The van der Waals surface area contributed by atoms with Crippen molar-refractivity contribution in [3.05, 3.63) is 71.8 Å². The molecule has 0 fully saturated rings. The molecule has 0 bridgehead atoms. The molecule has 0 aromatic heterocycles. The highest BCUT2D eigenvalue weighted by atomic mass is 16.7. The summed E-state index contributed by atoms with van der Waals surface area (Å²) >= 11 is 0. The van der Waals surface area contributed by atoms with Gasteiger partial charge in [-0.2, -0.15) is 5.26 Å². The first-order valence-corrected chi connectivity index (χ1v) is 10.1. The molecule has 0 saturated heterocycles. The van der Waals surface area contributed by atoms with Gasteiger partial charge in [-0.25, -0.2) is 0 Å². The summed E-state index contributed by atoms with van der Waals surface area (Å²) in [4.78, 5) is 11.4. The third kappa shape index (κ3) is 4.66. The summed E-state index contributed by atoms with van der Waals surface area (Å²) in [7, 11) is 1.56. The molecule has 7 heteroatoms. The first-order chi connectivity index (χ1) is 15.6. The molecule has 1 heterocycles. The maximum absolute atomic E-state index is 11.4. The molecule has 32 heavy (non-hydrogen) atoms. The zero-order valence-electron chi connectivity index (χ0n) is 17.5. The number of ether oxygens (including phenoxy) is 3. The third-order valence-corrected chi connectivity index (χ3v) is 5.28. The first kappa shape index (κ1) is 21.2. The topological polar surface area (TPSA) is 101 Å². The monoisotopic (exact) mass is 430 g/mol. The Labute approximate surface area is 185 Å². The highest BCUT2D eigenvalue weighted by Crippen LogP contribution is 2.40. The predicted octanol–water partition coefficient (Wildman–Crippen LogP) is 4.90. The van der Waals surface area contributed by atoms with Crippen LogP contribution in [0.3, 0.4) is 0 Å². The Hall–Kier alpha value is -4.02.